The molecule has 1 atom stereocenters. The minimum atomic E-state index is -0.262. The average Bonchev–Trinajstić information content (AvgIpc) is 3.29. The van der Waals surface area contributed by atoms with Crippen molar-refractivity contribution in [2.75, 3.05) is 13.1 Å². The molecule has 1 fully saturated rings. The molecule has 3 heterocycles. The zero-order valence-corrected chi connectivity index (χ0v) is 15.3. The number of likely N-dealkylation sites (tertiary alicyclic amines) is 1. The second-order valence-electron chi connectivity index (χ2n) is 7.23. The Bertz CT molecular complexity index is 1190. The van der Waals surface area contributed by atoms with Crippen molar-refractivity contribution in [2.24, 2.45) is 0 Å². The smallest absolute Gasteiger partial charge is 0.326 e. The number of nitrogens with zero attached hydrogens (tertiary/aromatic N) is 3. The van der Waals surface area contributed by atoms with E-state index in [1.54, 1.807) is 0 Å². The molecular formula is C21H20N4O3. The number of rotatable bonds is 3. The van der Waals surface area contributed by atoms with E-state index in [9.17, 15) is 9.59 Å². The largest absolute Gasteiger partial charge is 0.440 e. The van der Waals surface area contributed by atoms with E-state index < -0.39 is 0 Å². The fourth-order valence-corrected chi connectivity index (χ4v) is 3.97. The van der Waals surface area contributed by atoms with Crippen molar-refractivity contribution in [2.45, 2.75) is 25.3 Å². The van der Waals surface area contributed by atoms with Crippen molar-refractivity contribution in [3.8, 4) is 0 Å². The summed E-state index contributed by atoms with van der Waals surface area (Å²) in [6.07, 6.45) is 1.82. The van der Waals surface area contributed by atoms with Crippen LogP contribution in [-0.4, -0.2) is 38.4 Å². The summed E-state index contributed by atoms with van der Waals surface area (Å²) in [7, 11) is 0. The van der Waals surface area contributed by atoms with E-state index in [0.717, 1.165) is 35.0 Å². The summed E-state index contributed by atoms with van der Waals surface area (Å²) in [6.45, 7) is 1.28. The molecule has 0 radical (unpaired) electrons. The molecule has 1 aliphatic rings. The number of imidazole rings is 1. The first-order valence-electron chi connectivity index (χ1n) is 9.50. The highest BCUT2D eigenvalue weighted by Gasteiger charge is 2.28. The standard InChI is InChI=1S/C21H20N4O3/c26-19(13-25-17-9-3-1-7-15(17)23-21(25)27)24-11-5-6-14(12-24)20-22-16-8-2-4-10-18(16)28-20/h1-4,7-10,14H,5-6,11-13H2,(H,23,27)/t14-/m0/s1. The van der Waals surface area contributed by atoms with Crippen molar-refractivity contribution in [3.05, 3.63) is 64.9 Å². The van der Waals surface area contributed by atoms with E-state index in [1.165, 1.54) is 4.57 Å². The fourth-order valence-electron chi connectivity index (χ4n) is 3.97. The van der Waals surface area contributed by atoms with Gasteiger partial charge in [0.15, 0.2) is 11.5 Å². The predicted molar refractivity (Wildman–Crippen MR) is 105 cm³/mol. The molecule has 0 unspecified atom stereocenters. The Kier molecular flexibility index (Phi) is 4.00. The molecule has 2 aromatic carbocycles. The first kappa shape index (κ1) is 16.8. The Hall–Kier alpha value is -3.35. The van der Waals surface area contributed by atoms with Gasteiger partial charge in [-0.15, -0.1) is 0 Å². The van der Waals surface area contributed by atoms with Gasteiger partial charge in [0.25, 0.3) is 0 Å². The highest BCUT2D eigenvalue weighted by molar-refractivity contribution is 5.80. The molecule has 2 aromatic heterocycles. The second-order valence-corrected chi connectivity index (χ2v) is 7.23. The maximum Gasteiger partial charge on any atom is 0.326 e. The van der Waals surface area contributed by atoms with E-state index in [1.807, 2.05) is 53.4 Å². The molecular weight excluding hydrogens is 356 g/mol. The van der Waals surface area contributed by atoms with Gasteiger partial charge in [0.2, 0.25) is 5.91 Å². The van der Waals surface area contributed by atoms with Gasteiger partial charge in [-0.05, 0) is 37.1 Å². The number of amides is 1. The number of aromatic nitrogens is 3. The summed E-state index contributed by atoms with van der Waals surface area (Å²) in [5.41, 5.74) is 2.83. The van der Waals surface area contributed by atoms with Crippen LogP contribution in [0, 0.1) is 0 Å². The monoisotopic (exact) mass is 376 g/mol. The number of carbonyl (C=O) groups excluding carboxylic acids is 1. The minimum Gasteiger partial charge on any atom is -0.440 e. The first-order chi connectivity index (χ1) is 13.7. The number of hydrogen-bond acceptors (Lipinski definition) is 4. The van der Waals surface area contributed by atoms with Crippen molar-refractivity contribution in [1.82, 2.24) is 19.4 Å². The predicted octanol–water partition coefficient (Wildman–Crippen LogP) is 2.88. The summed E-state index contributed by atoms with van der Waals surface area (Å²) in [5, 5.41) is 0. The van der Waals surface area contributed by atoms with Crippen LogP contribution in [0.2, 0.25) is 0 Å². The van der Waals surface area contributed by atoms with Crippen LogP contribution in [0.1, 0.15) is 24.7 Å². The van der Waals surface area contributed by atoms with Crippen LogP contribution < -0.4 is 5.69 Å². The Morgan fingerprint density at radius 1 is 1.18 bits per heavy atom. The molecule has 0 saturated carbocycles. The van der Waals surface area contributed by atoms with Crippen LogP contribution in [-0.2, 0) is 11.3 Å². The Balaban J connectivity index is 1.36. The zero-order chi connectivity index (χ0) is 19.1. The van der Waals surface area contributed by atoms with Crippen LogP contribution >= 0.6 is 0 Å². The Morgan fingerprint density at radius 2 is 2.00 bits per heavy atom. The molecule has 5 rings (SSSR count). The number of H-pyrrole nitrogens is 1. The molecule has 0 bridgehead atoms. The van der Waals surface area contributed by atoms with Gasteiger partial charge in [0.1, 0.15) is 12.1 Å². The topological polar surface area (TPSA) is 84.1 Å². The molecule has 1 N–H and O–H groups in total. The van der Waals surface area contributed by atoms with Crippen LogP contribution in [0.15, 0.2) is 57.7 Å². The van der Waals surface area contributed by atoms with Crippen LogP contribution in [0.5, 0.6) is 0 Å². The molecule has 28 heavy (non-hydrogen) atoms. The number of aromatic amines is 1. The van der Waals surface area contributed by atoms with Gasteiger partial charge < -0.3 is 14.3 Å². The molecule has 1 aliphatic heterocycles. The van der Waals surface area contributed by atoms with Gasteiger partial charge in [0, 0.05) is 13.1 Å². The van der Waals surface area contributed by atoms with Gasteiger partial charge in [-0.25, -0.2) is 9.78 Å². The van der Waals surface area contributed by atoms with Crippen molar-refractivity contribution in [3.63, 3.8) is 0 Å². The molecule has 7 heteroatoms. The molecule has 142 valence electrons. The number of fused-ring (bicyclic) bond motifs is 2. The third kappa shape index (κ3) is 2.89. The average molecular weight is 376 g/mol. The van der Waals surface area contributed by atoms with Gasteiger partial charge >= 0.3 is 5.69 Å². The van der Waals surface area contributed by atoms with Gasteiger partial charge in [-0.2, -0.15) is 0 Å². The number of para-hydroxylation sites is 4. The third-order valence-electron chi connectivity index (χ3n) is 5.41. The summed E-state index contributed by atoms with van der Waals surface area (Å²) in [5.74, 6) is 0.695. The normalized spacial score (nSPS) is 17.4. The van der Waals surface area contributed by atoms with Crippen molar-refractivity contribution >= 4 is 28.0 Å². The number of hydrogen-bond donors (Lipinski definition) is 1. The lowest BCUT2D eigenvalue weighted by molar-refractivity contribution is -0.133. The van der Waals surface area contributed by atoms with Gasteiger partial charge in [-0.3, -0.25) is 9.36 Å². The van der Waals surface area contributed by atoms with E-state index in [-0.39, 0.29) is 24.1 Å². The summed E-state index contributed by atoms with van der Waals surface area (Å²) in [4.78, 5) is 34.4. The SMILES string of the molecule is O=C(Cn1c(=O)[nH]c2ccccc21)N1CCC[C@H](c2nc3ccccc3o2)C1. The number of nitrogens with one attached hydrogen (secondary N) is 1. The molecule has 4 aromatic rings. The maximum absolute atomic E-state index is 12.9. The molecule has 1 saturated heterocycles. The quantitative estimate of drug-likeness (QED) is 0.596. The van der Waals surface area contributed by atoms with Crippen LogP contribution in [0.4, 0.5) is 0 Å². The third-order valence-corrected chi connectivity index (χ3v) is 5.41. The van der Waals surface area contributed by atoms with E-state index in [4.69, 9.17) is 4.42 Å². The fraction of sp³-hybridized carbons (Fsp3) is 0.286. The lowest BCUT2D eigenvalue weighted by Crippen LogP contribution is -2.42. The van der Waals surface area contributed by atoms with Crippen molar-refractivity contribution < 1.29 is 9.21 Å². The Labute approximate surface area is 160 Å². The number of benzene rings is 2. The Morgan fingerprint density at radius 3 is 2.89 bits per heavy atom. The molecule has 1 amide bonds. The van der Waals surface area contributed by atoms with E-state index in [2.05, 4.69) is 9.97 Å². The summed E-state index contributed by atoms with van der Waals surface area (Å²) in [6, 6.07) is 15.1. The zero-order valence-electron chi connectivity index (χ0n) is 15.3. The van der Waals surface area contributed by atoms with E-state index >= 15 is 0 Å². The summed E-state index contributed by atoms with van der Waals surface area (Å²) < 4.78 is 7.41. The van der Waals surface area contributed by atoms with Gasteiger partial charge in [0.05, 0.1) is 17.0 Å². The highest BCUT2D eigenvalue weighted by atomic mass is 16.3. The maximum atomic E-state index is 12.9. The van der Waals surface area contributed by atoms with Crippen molar-refractivity contribution in [1.29, 1.82) is 0 Å². The number of piperidine rings is 1. The highest BCUT2D eigenvalue weighted by Crippen LogP contribution is 2.29. The second kappa shape index (κ2) is 6.67. The van der Waals surface area contributed by atoms with Gasteiger partial charge in [-0.1, -0.05) is 24.3 Å². The number of carbonyl (C=O) groups is 1. The van der Waals surface area contributed by atoms with E-state index in [0.29, 0.717) is 19.0 Å². The van der Waals surface area contributed by atoms with Crippen LogP contribution in [0.3, 0.4) is 0 Å². The number of oxazole rings is 1. The lowest BCUT2D eigenvalue weighted by Gasteiger charge is -2.31. The summed E-state index contributed by atoms with van der Waals surface area (Å²) >= 11 is 0. The molecule has 0 aliphatic carbocycles. The molecule has 0 spiro atoms. The minimum absolute atomic E-state index is 0.0309. The van der Waals surface area contributed by atoms with Crippen LogP contribution in [0.25, 0.3) is 22.1 Å². The lowest BCUT2D eigenvalue weighted by atomic mass is 9.98. The molecule has 7 nitrogen and oxygen atoms in total. The first-order valence-corrected chi connectivity index (χ1v) is 9.50.